The molecule has 0 amide bonds. The quantitative estimate of drug-likeness (QED) is 0.485. The third-order valence-corrected chi connectivity index (χ3v) is 3.38. The van der Waals surface area contributed by atoms with Crippen LogP contribution in [0.2, 0.25) is 0 Å². The first kappa shape index (κ1) is 13.9. The van der Waals surface area contributed by atoms with Crippen LogP contribution in [0.3, 0.4) is 0 Å². The maximum atomic E-state index is 12.4. The maximum absolute atomic E-state index is 12.4. The molecule has 1 aliphatic rings. The highest BCUT2D eigenvalue weighted by Crippen LogP contribution is 2.24. The second-order valence-electron chi connectivity index (χ2n) is 5.00. The predicted octanol–water partition coefficient (Wildman–Crippen LogP) is 2.91. The van der Waals surface area contributed by atoms with Crippen LogP contribution in [-0.2, 0) is 4.79 Å². The number of hydrogen-bond acceptors (Lipinski definition) is 4. The molecule has 2 aromatic carbocycles. The molecule has 1 aliphatic carbocycles. The van der Waals surface area contributed by atoms with Gasteiger partial charge in [0.2, 0.25) is 5.78 Å². The molecule has 22 heavy (non-hydrogen) atoms. The summed E-state index contributed by atoms with van der Waals surface area (Å²) in [6.45, 7) is 1.83. The normalized spacial score (nSPS) is 13.4. The monoisotopic (exact) mass is 292 g/mol. The Morgan fingerprint density at radius 1 is 0.955 bits per heavy atom. The zero-order valence-corrected chi connectivity index (χ0v) is 11.8. The first-order valence-electron chi connectivity index (χ1n) is 6.75. The summed E-state index contributed by atoms with van der Waals surface area (Å²) in [6.07, 6.45) is 1.05. The molecule has 0 heterocycles. The van der Waals surface area contributed by atoms with Crippen molar-refractivity contribution in [1.82, 2.24) is 0 Å². The van der Waals surface area contributed by atoms with Gasteiger partial charge in [-0.3, -0.25) is 9.59 Å². The van der Waals surface area contributed by atoms with E-state index in [-0.39, 0.29) is 16.9 Å². The molecule has 0 aromatic heterocycles. The van der Waals surface area contributed by atoms with E-state index in [2.05, 4.69) is 0 Å². The second kappa shape index (κ2) is 5.41. The fourth-order valence-electron chi connectivity index (χ4n) is 2.28. The van der Waals surface area contributed by atoms with Crippen molar-refractivity contribution >= 4 is 17.5 Å². The van der Waals surface area contributed by atoms with Gasteiger partial charge in [-0.15, -0.1) is 0 Å². The predicted molar refractivity (Wildman–Crippen MR) is 80.0 cm³/mol. The molecule has 0 aliphatic heterocycles. The Hall–Kier alpha value is -3.01. The van der Waals surface area contributed by atoms with E-state index in [0.717, 1.165) is 11.6 Å². The van der Waals surface area contributed by atoms with Crippen LogP contribution in [0.5, 0.6) is 5.75 Å². The molecule has 3 rings (SSSR count). The Balaban J connectivity index is 1.93. The van der Waals surface area contributed by atoms with Gasteiger partial charge in [0.05, 0.1) is 0 Å². The van der Waals surface area contributed by atoms with Crippen molar-refractivity contribution in [3.05, 3.63) is 76.9 Å². The van der Waals surface area contributed by atoms with Gasteiger partial charge in [-0.2, -0.15) is 0 Å². The van der Waals surface area contributed by atoms with Crippen LogP contribution in [0.1, 0.15) is 26.3 Å². The molecule has 2 aromatic rings. The van der Waals surface area contributed by atoms with Gasteiger partial charge in [0.1, 0.15) is 11.3 Å². The first-order valence-corrected chi connectivity index (χ1v) is 6.75. The van der Waals surface area contributed by atoms with Crippen molar-refractivity contribution in [2.24, 2.45) is 0 Å². The number of para-hydroxylation sites is 1. The van der Waals surface area contributed by atoms with Crippen LogP contribution >= 0.6 is 0 Å². The molecule has 0 atom stereocenters. The fourth-order valence-corrected chi connectivity index (χ4v) is 2.28. The number of ketones is 2. The number of ether oxygens (including phenoxy) is 1. The zero-order valence-electron chi connectivity index (χ0n) is 11.8. The molecule has 0 bridgehead atoms. The summed E-state index contributed by atoms with van der Waals surface area (Å²) >= 11 is 0. The van der Waals surface area contributed by atoms with E-state index >= 15 is 0 Å². The van der Waals surface area contributed by atoms with Crippen molar-refractivity contribution in [2.45, 2.75) is 6.92 Å². The summed E-state index contributed by atoms with van der Waals surface area (Å²) in [5.74, 6) is -1.35. The number of carbonyl (C=O) groups is 3. The number of rotatable bonds is 2. The largest absolute Gasteiger partial charge is 0.423 e. The lowest BCUT2D eigenvalue weighted by atomic mass is 9.88. The molecule has 0 radical (unpaired) electrons. The number of aryl methyl sites for hydroxylation is 1. The summed E-state index contributed by atoms with van der Waals surface area (Å²) < 4.78 is 5.13. The zero-order chi connectivity index (χ0) is 15.7. The highest BCUT2D eigenvalue weighted by molar-refractivity contribution is 6.33. The number of esters is 1. The van der Waals surface area contributed by atoms with Crippen molar-refractivity contribution in [3.8, 4) is 5.75 Å². The number of fused-ring (bicyclic) bond motifs is 1. The Labute approximate surface area is 127 Å². The lowest BCUT2D eigenvalue weighted by Gasteiger charge is -2.14. The minimum Gasteiger partial charge on any atom is -0.423 e. The number of hydrogen-bond donors (Lipinski definition) is 0. The molecular weight excluding hydrogens is 280 g/mol. The maximum Gasteiger partial charge on any atom is 0.347 e. The first-order chi connectivity index (χ1) is 10.6. The van der Waals surface area contributed by atoms with Gasteiger partial charge in [-0.05, 0) is 25.1 Å². The van der Waals surface area contributed by atoms with Gasteiger partial charge in [0.25, 0.3) is 0 Å². The van der Waals surface area contributed by atoms with Gasteiger partial charge in [0, 0.05) is 17.2 Å². The van der Waals surface area contributed by atoms with E-state index in [1.807, 2.05) is 6.92 Å². The van der Waals surface area contributed by atoms with Crippen LogP contribution < -0.4 is 4.74 Å². The molecular formula is C18H12O4. The van der Waals surface area contributed by atoms with Gasteiger partial charge in [-0.25, -0.2) is 4.79 Å². The average Bonchev–Trinajstić information content (AvgIpc) is 2.51. The third kappa shape index (κ3) is 2.46. The van der Waals surface area contributed by atoms with E-state index < -0.39 is 11.8 Å². The number of Topliss-reactive ketones (excluding diaryl/α,β-unsaturated/α-hetero) is 1. The van der Waals surface area contributed by atoms with E-state index in [0.29, 0.717) is 11.3 Å². The lowest BCUT2D eigenvalue weighted by Crippen LogP contribution is -2.25. The molecule has 0 saturated carbocycles. The molecule has 0 N–H and O–H groups in total. The molecule has 0 unspecified atom stereocenters. The average molecular weight is 292 g/mol. The van der Waals surface area contributed by atoms with Crippen LogP contribution in [0.25, 0.3) is 0 Å². The SMILES string of the molecule is Cc1ccc2c(c1)C(=O)C=C(C(=O)Oc1ccccc1)C2=O. The molecule has 0 saturated heterocycles. The standard InChI is InChI=1S/C18H12O4/c1-11-7-8-13-14(9-11)16(19)10-15(17(13)20)18(21)22-12-5-3-2-4-6-12/h2-10H,1H3. The van der Waals surface area contributed by atoms with E-state index in [4.69, 9.17) is 4.74 Å². The van der Waals surface area contributed by atoms with Crippen molar-refractivity contribution in [1.29, 1.82) is 0 Å². The topological polar surface area (TPSA) is 60.4 Å². The molecule has 4 heteroatoms. The summed E-state index contributed by atoms with van der Waals surface area (Å²) in [4.78, 5) is 36.6. The minimum absolute atomic E-state index is 0.234. The van der Waals surface area contributed by atoms with Gasteiger partial charge < -0.3 is 4.74 Å². The van der Waals surface area contributed by atoms with Crippen molar-refractivity contribution in [3.63, 3.8) is 0 Å². The number of carbonyl (C=O) groups excluding carboxylic acids is 3. The highest BCUT2D eigenvalue weighted by atomic mass is 16.5. The Morgan fingerprint density at radius 2 is 1.68 bits per heavy atom. The number of allylic oxidation sites excluding steroid dienone is 1. The molecule has 0 fully saturated rings. The van der Waals surface area contributed by atoms with Crippen LogP contribution in [0.4, 0.5) is 0 Å². The fraction of sp³-hybridized carbons (Fsp3) is 0.0556. The lowest BCUT2D eigenvalue weighted by molar-refractivity contribution is -0.129. The summed E-state index contributed by atoms with van der Waals surface area (Å²) in [5, 5.41) is 0. The Bertz CT molecular complexity index is 816. The van der Waals surface area contributed by atoms with Crippen molar-refractivity contribution < 1.29 is 19.1 Å². The van der Waals surface area contributed by atoms with Crippen molar-refractivity contribution in [2.75, 3.05) is 0 Å². The van der Waals surface area contributed by atoms with Crippen LogP contribution in [0, 0.1) is 6.92 Å². The summed E-state index contributed by atoms with van der Waals surface area (Å²) in [6, 6.07) is 13.3. The number of benzene rings is 2. The Kier molecular flexibility index (Phi) is 3.43. The van der Waals surface area contributed by atoms with E-state index in [9.17, 15) is 14.4 Å². The Morgan fingerprint density at radius 3 is 2.41 bits per heavy atom. The molecule has 4 nitrogen and oxygen atoms in total. The smallest absolute Gasteiger partial charge is 0.347 e. The summed E-state index contributed by atoms with van der Waals surface area (Å²) in [7, 11) is 0. The van der Waals surface area contributed by atoms with Gasteiger partial charge in [0.15, 0.2) is 5.78 Å². The third-order valence-electron chi connectivity index (χ3n) is 3.38. The highest BCUT2D eigenvalue weighted by Gasteiger charge is 2.30. The molecule has 108 valence electrons. The van der Waals surface area contributed by atoms with E-state index in [1.165, 1.54) is 0 Å². The van der Waals surface area contributed by atoms with Crippen LogP contribution in [0.15, 0.2) is 60.2 Å². The molecule has 0 spiro atoms. The van der Waals surface area contributed by atoms with Gasteiger partial charge >= 0.3 is 5.97 Å². The van der Waals surface area contributed by atoms with E-state index in [1.54, 1.807) is 48.5 Å². The summed E-state index contributed by atoms with van der Waals surface area (Å²) in [5.41, 5.74) is 1.19. The van der Waals surface area contributed by atoms with Crippen LogP contribution in [-0.4, -0.2) is 17.5 Å². The minimum atomic E-state index is -0.823. The van der Waals surface area contributed by atoms with Gasteiger partial charge in [-0.1, -0.05) is 35.9 Å². The second-order valence-corrected chi connectivity index (χ2v) is 5.00.